The molecule has 1 aliphatic heterocycles. The normalized spacial score (nSPS) is 19.5. The Kier molecular flexibility index (Phi) is 9.98. The maximum absolute atomic E-state index is 14.3. The predicted octanol–water partition coefficient (Wildman–Crippen LogP) is 0.740. The zero-order chi connectivity index (χ0) is 35.5. The maximum atomic E-state index is 14.3. The van der Waals surface area contributed by atoms with Crippen LogP contribution in [0, 0.1) is 0 Å². The maximum Gasteiger partial charge on any atom is 0.404 e. The van der Waals surface area contributed by atoms with E-state index in [4.69, 9.17) is 5.73 Å². The first kappa shape index (κ1) is 34.9. The second kappa shape index (κ2) is 14.0. The molecule has 16 nitrogen and oxygen atoms in total. The Morgan fingerprint density at radius 3 is 2.39 bits per heavy atom. The van der Waals surface area contributed by atoms with Gasteiger partial charge < -0.3 is 36.8 Å². The number of hydrogen-bond donors (Lipinski definition) is 6. The van der Waals surface area contributed by atoms with Gasteiger partial charge in [-0.05, 0) is 49.6 Å². The number of ketones is 1. The first-order valence-corrected chi connectivity index (χ1v) is 16.1. The third-order valence-corrected chi connectivity index (χ3v) is 9.21. The minimum Gasteiger partial charge on any atom is -0.465 e. The highest BCUT2D eigenvalue weighted by atomic mass is 16.4. The molecule has 1 saturated carbocycles. The fourth-order valence-corrected chi connectivity index (χ4v) is 6.72. The van der Waals surface area contributed by atoms with Gasteiger partial charge in [-0.3, -0.25) is 24.0 Å². The van der Waals surface area contributed by atoms with Gasteiger partial charge in [0.25, 0.3) is 11.8 Å². The lowest BCUT2D eigenvalue weighted by Crippen LogP contribution is -2.63. The number of nitrogens with zero attached hydrogens (tertiary/aromatic N) is 4. The van der Waals surface area contributed by atoms with Gasteiger partial charge in [-0.1, -0.05) is 54.8 Å². The van der Waals surface area contributed by atoms with Crippen LogP contribution in [0.3, 0.4) is 0 Å². The van der Waals surface area contributed by atoms with E-state index in [1.165, 1.54) is 29.6 Å². The molecule has 0 bridgehead atoms. The average molecular weight is 677 g/mol. The Hall–Kier alpha value is -5.38. The number of hydrogen-bond acceptors (Lipinski definition) is 9. The van der Waals surface area contributed by atoms with Crippen molar-refractivity contribution in [3.8, 4) is 0 Å². The molecule has 16 heteroatoms. The van der Waals surface area contributed by atoms with Crippen molar-refractivity contribution < 1.29 is 39.0 Å². The average Bonchev–Trinajstić information content (AvgIpc) is 3.74. The standard InChI is InChI=1S/C33H40N8O8/c1-32(2,49)25-17-36-39-41(25)22-15-24(29(45)38-33(26(42)27(34)43)12-6-3-7-13-33)40(18-22)30(46)23(16-35-31(47)48)37-28(44)21-11-10-19-8-4-5-9-20(19)14-21/h4-5,8-11,14,17,22-24,35,49H,3,6-7,12-13,15-16,18H2,1-2H3,(H2,34,43)(H,37,44)(H,38,45)(H,47,48)/t22-,23+,24-/m0/s1. The van der Waals surface area contributed by atoms with Gasteiger partial charge in [0.2, 0.25) is 17.6 Å². The number of nitrogens with one attached hydrogen (secondary N) is 3. The molecule has 0 unspecified atom stereocenters. The van der Waals surface area contributed by atoms with E-state index in [-0.39, 0.29) is 31.4 Å². The summed E-state index contributed by atoms with van der Waals surface area (Å²) >= 11 is 0. The first-order valence-electron chi connectivity index (χ1n) is 16.1. The Bertz CT molecular complexity index is 1780. The van der Waals surface area contributed by atoms with Gasteiger partial charge in [0, 0.05) is 18.5 Å². The number of nitrogens with two attached hydrogens (primary N) is 1. The van der Waals surface area contributed by atoms with E-state index in [0.717, 1.165) is 17.2 Å². The molecule has 0 radical (unpaired) electrons. The zero-order valence-electron chi connectivity index (χ0n) is 27.2. The van der Waals surface area contributed by atoms with Crippen LogP contribution in [-0.4, -0.2) is 96.3 Å². The molecule has 1 aliphatic carbocycles. The van der Waals surface area contributed by atoms with Gasteiger partial charge in [-0.15, -0.1) is 5.10 Å². The van der Waals surface area contributed by atoms with E-state index in [9.17, 15) is 39.0 Å². The molecule has 2 aliphatic rings. The zero-order valence-corrected chi connectivity index (χ0v) is 27.2. The fraction of sp³-hybridized carbons (Fsp3) is 0.455. The third-order valence-electron chi connectivity index (χ3n) is 9.21. The van der Waals surface area contributed by atoms with Crippen molar-refractivity contribution in [2.75, 3.05) is 13.1 Å². The van der Waals surface area contributed by atoms with Crippen molar-refractivity contribution >= 4 is 46.3 Å². The molecule has 260 valence electrons. The number of primary amides is 1. The first-order chi connectivity index (χ1) is 23.2. The van der Waals surface area contributed by atoms with E-state index in [2.05, 4.69) is 26.3 Å². The Labute approximate surface area is 281 Å². The third kappa shape index (κ3) is 7.53. The Morgan fingerprint density at radius 2 is 1.73 bits per heavy atom. The summed E-state index contributed by atoms with van der Waals surface area (Å²) in [6.07, 6.45) is 2.18. The number of rotatable bonds is 11. The van der Waals surface area contributed by atoms with E-state index >= 15 is 0 Å². The van der Waals surface area contributed by atoms with Crippen molar-refractivity contribution in [2.45, 2.75) is 81.6 Å². The highest BCUT2D eigenvalue weighted by Gasteiger charge is 2.49. The number of fused-ring (bicyclic) bond motifs is 1. The monoisotopic (exact) mass is 676 g/mol. The van der Waals surface area contributed by atoms with E-state index < -0.39 is 71.3 Å². The minimum absolute atomic E-state index is 0.0391. The van der Waals surface area contributed by atoms with Gasteiger partial charge >= 0.3 is 6.09 Å². The highest BCUT2D eigenvalue weighted by molar-refractivity contribution is 6.39. The van der Waals surface area contributed by atoms with E-state index in [0.29, 0.717) is 18.5 Å². The van der Waals surface area contributed by atoms with Crippen molar-refractivity contribution in [1.82, 2.24) is 35.8 Å². The van der Waals surface area contributed by atoms with Crippen LogP contribution < -0.4 is 21.7 Å². The van der Waals surface area contributed by atoms with Crippen LogP contribution in [0.2, 0.25) is 0 Å². The number of likely N-dealkylation sites (tertiary alicyclic amines) is 1. The van der Waals surface area contributed by atoms with Gasteiger partial charge in [0.15, 0.2) is 0 Å². The van der Waals surface area contributed by atoms with Gasteiger partial charge in [-0.25, -0.2) is 9.48 Å². The summed E-state index contributed by atoms with van der Waals surface area (Å²) in [5.74, 6) is -4.29. The number of carbonyl (C=O) groups is 6. The molecule has 0 spiro atoms. The molecule has 5 rings (SSSR count). The molecular weight excluding hydrogens is 636 g/mol. The Balaban J connectivity index is 1.48. The summed E-state index contributed by atoms with van der Waals surface area (Å²) in [5.41, 5.74) is 2.98. The molecule has 2 fully saturated rings. The highest BCUT2D eigenvalue weighted by Crippen LogP contribution is 2.34. The van der Waals surface area contributed by atoms with Gasteiger partial charge in [0.05, 0.1) is 24.5 Å². The summed E-state index contributed by atoms with van der Waals surface area (Å²) in [7, 11) is 0. The second-order valence-corrected chi connectivity index (χ2v) is 13.1. The predicted molar refractivity (Wildman–Crippen MR) is 174 cm³/mol. The van der Waals surface area contributed by atoms with Crippen LogP contribution in [-0.2, 0) is 24.8 Å². The molecule has 2 heterocycles. The summed E-state index contributed by atoms with van der Waals surface area (Å²) in [6, 6.07) is 8.93. The molecular formula is C33H40N8O8. The molecule has 1 aromatic heterocycles. The molecule has 1 saturated heterocycles. The van der Waals surface area contributed by atoms with Crippen molar-refractivity contribution in [3.05, 3.63) is 59.9 Å². The van der Waals surface area contributed by atoms with Crippen LogP contribution in [0.5, 0.6) is 0 Å². The van der Waals surface area contributed by atoms with Gasteiger partial charge in [-0.2, -0.15) is 0 Å². The number of carboxylic acid groups (broad SMARTS) is 1. The van der Waals surface area contributed by atoms with Crippen LogP contribution in [0.4, 0.5) is 4.79 Å². The number of Topliss-reactive ketones (excluding diaryl/α,β-unsaturated/α-hetero) is 1. The quantitative estimate of drug-likeness (QED) is 0.156. The molecule has 49 heavy (non-hydrogen) atoms. The molecule has 5 amide bonds. The number of benzene rings is 2. The second-order valence-electron chi connectivity index (χ2n) is 13.1. The molecule has 3 atom stereocenters. The summed E-state index contributed by atoms with van der Waals surface area (Å²) in [4.78, 5) is 79.7. The summed E-state index contributed by atoms with van der Waals surface area (Å²) < 4.78 is 1.41. The van der Waals surface area contributed by atoms with Crippen LogP contribution in [0.15, 0.2) is 48.7 Å². The molecule has 7 N–H and O–H groups in total. The van der Waals surface area contributed by atoms with Crippen LogP contribution >= 0.6 is 0 Å². The Morgan fingerprint density at radius 1 is 1.04 bits per heavy atom. The van der Waals surface area contributed by atoms with Crippen molar-refractivity contribution in [1.29, 1.82) is 0 Å². The lowest BCUT2D eigenvalue weighted by atomic mass is 9.78. The molecule has 3 aromatic rings. The largest absolute Gasteiger partial charge is 0.465 e. The lowest BCUT2D eigenvalue weighted by Gasteiger charge is -2.37. The lowest BCUT2D eigenvalue weighted by molar-refractivity contribution is -0.145. The van der Waals surface area contributed by atoms with Crippen molar-refractivity contribution in [2.24, 2.45) is 5.73 Å². The van der Waals surface area contributed by atoms with Crippen LogP contribution in [0.25, 0.3) is 10.8 Å². The summed E-state index contributed by atoms with van der Waals surface area (Å²) in [6.45, 7) is 2.39. The molecule has 2 aromatic carbocycles. The minimum atomic E-state index is -1.55. The summed E-state index contributed by atoms with van der Waals surface area (Å²) in [5, 5.41) is 37.3. The smallest absolute Gasteiger partial charge is 0.404 e. The number of aliphatic hydroxyl groups is 1. The van der Waals surface area contributed by atoms with Gasteiger partial charge in [0.1, 0.15) is 23.2 Å². The van der Waals surface area contributed by atoms with E-state index in [1.54, 1.807) is 18.2 Å². The van der Waals surface area contributed by atoms with Crippen molar-refractivity contribution in [3.63, 3.8) is 0 Å². The number of amides is 5. The fourth-order valence-electron chi connectivity index (χ4n) is 6.72. The topological polar surface area (TPSA) is 239 Å². The number of carbonyl (C=O) groups excluding carboxylic acids is 5. The number of aromatic nitrogens is 3. The van der Waals surface area contributed by atoms with Crippen LogP contribution in [0.1, 0.15) is 74.5 Å². The SMILES string of the molecule is CC(C)(O)c1cnnn1[C@H]1C[C@@H](C(=O)NC2(C(=O)C(N)=O)CCCCC2)N(C(=O)[C@@H](CNC(=O)O)NC(=O)c2ccc3ccccc3c2)C1. The van der Waals surface area contributed by atoms with E-state index in [1.807, 2.05) is 24.3 Å².